The first kappa shape index (κ1) is 103. The van der Waals surface area contributed by atoms with E-state index in [1.54, 1.807) is 0 Å². The van der Waals surface area contributed by atoms with Gasteiger partial charge >= 0.3 is 35.8 Å². The van der Waals surface area contributed by atoms with E-state index in [0.29, 0.717) is 55.8 Å². The second-order valence-corrected chi connectivity index (χ2v) is 39.3. The van der Waals surface area contributed by atoms with Gasteiger partial charge in [0.15, 0.2) is 0 Å². The van der Waals surface area contributed by atoms with Crippen LogP contribution in [0.5, 0.6) is 17.2 Å². The molecule has 6 aliphatic rings. The summed E-state index contributed by atoms with van der Waals surface area (Å²) < 4.78 is 53.3. The first-order chi connectivity index (χ1) is 61.6. The van der Waals surface area contributed by atoms with Crippen LogP contribution in [0.1, 0.15) is 429 Å². The van der Waals surface area contributed by atoms with Crippen molar-refractivity contribution >= 4 is 52.5 Å². The Morgan fingerprint density at radius 1 is 0.278 bits per heavy atom. The summed E-state index contributed by atoms with van der Waals surface area (Å²) in [5, 5.41) is 0. The maximum atomic E-state index is 13.3. The molecule has 0 bridgehead atoms. The average molecular weight is 1740 g/mol. The number of carbonyl (C=O) groups is 6. The van der Waals surface area contributed by atoms with Crippen LogP contribution in [-0.4, -0.2) is 86.8 Å². The molecule has 0 atom stereocenters. The van der Waals surface area contributed by atoms with Gasteiger partial charge in [-0.3, -0.25) is 14.4 Å². The van der Waals surface area contributed by atoms with Crippen LogP contribution in [0.15, 0.2) is 92.5 Å². The lowest BCUT2D eigenvalue weighted by molar-refractivity contribution is -0.191. The standard InChI is InChI=1S/C111H170O15/c1-7-10-28-37-87-43-49-93(50-44-87)96-61-73-102(74-62-96)122-109(115)84(4)90-55-67-99(68-56-90)118-80-34-25-19-13-16-22-31-40-105(112)121-83-79-108(125-106(113)41-32-23-17-14-20-26-35-81-119-100-69-57-91(58-70-100)85(5)110(116)123-103-75-63-97(64-76-103)94-51-45-88(46-52-94)38-29-11-8-2)126-107(114)42-33-24-18-15-21-27-36-82-120-101-71-59-92(60-72-101)86(6)111(117)124-104-77-65-98(66-78-104)95-53-47-89(48-54-95)39-30-12-9-3/h55-60,67-72,87-89,93-98,102-104,108H,4-54,61-66,73-83H2,1-3H3. The number of hydrogen-bond acceptors (Lipinski definition) is 15. The van der Waals surface area contributed by atoms with Gasteiger partial charge in [0.2, 0.25) is 0 Å². The number of rotatable bonds is 62. The van der Waals surface area contributed by atoms with E-state index in [1.165, 1.54) is 154 Å². The first-order valence-corrected chi connectivity index (χ1v) is 52.0. The topological polar surface area (TPSA) is 185 Å². The SMILES string of the molecule is C=C(C(=O)OC1CCC(C2CCC(CCCCC)CC2)CC1)c1ccc(OCCCCCCCCCC(=O)OCCC(OC(=O)CCCCCCCCCOc2ccc(C(=C)C(=O)OC3CCC(C4CCC(CCCCC)CC4)CC3)cc2)OC(=O)CCCCCCCCCOc2ccc(C(=C)C(=O)OC3CCC(C4CCC(CCCCC)CC4)CC3)cc2)cc1. The third kappa shape index (κ3) is 39.8. The fraction of sp³-hybridized carbons (Fsp3) is 0.730. The molecule has 9 rings (SSSR count). The van der Waals surface area contributed by atoms with E-state index in [4.69, 9.17) is 42.6 Å². The van der Waals surface area contributed by atoms with E-state index in [9.17, 15) is 28.8 Å². The summed E-state index contributed by atoms with van der Waals surface area (Å²) in [5.41, 5.74) is 3.43. The molecule has 0 aromatic heterocycles. The Hall–Kier alpha value is -6.90. The van der Waals surface area contributed by atoms with Gasteiger partial charge in [-0.2, -0.15) is 0 Å². The van der Waals surface area contributed by atoms with E-state index in [2.05, 4.69) is 40.5 Å². The lowest BCUT2D eigenvalue weighted by Gasteiger charge is -2.37. The number of carbonyl (C=O) groups excluding carboxylic acids is 6. The van der Waals surface area contributed by atoms with E-state index >= 15 is 0 Å². The van der Waals surface area contributed by atoms with Gasteiger partial charge in [0, 0.05) is 19.3 Å². The van der Waals surface area contributed by atoms with Gasteiger partial charge in [0.1, 0.15) is 35.6 Å². The summed E-state index contributed by atoms with van der Waals surface area (Å²) in [7, 11) is 0. The van der Waals surface area contributed by atoms with Crippen LogP contribution < -0.4 is 14.2 Å². The van der Waals surface area contributed by atoms with E-state index < -0.39 is 18.2 Å². The monoisotopic (exact) mass is 1740 g/mol. The van der Waals surface area contributed by atoms with Crippen LogP contribution >= 0.6 is 0 Å². The predicted octanol–water partition coefficient (Wildman–Crippen LogP) is 29.4. The second kappa shape index (κ2) is 60.9. The van der Waals surface area contributed by atoms with Gasteiger partial charge in [-0.15, -0.1) is 0 Å². The second-order valence-electron chi connectivity index (χ2n) is 39.3. The normalized spacial score (nSPS) is 22.9. The van der Waals surface area contributed by atoms with Gasteiger partial charge in [0.25, 0.3) is 6.29 Å². The van der Waals surface area contributed by atoms with Crippen LogP contribution in [0.2, 0.25) is 0 Å². The number of ether oxygens (including phenoxy) is 9. The summed E-state index contributed by atoms with van der Waals surface area (Å²) >= 11 is 0. The molecule has 15 heteroatoms. The van der Waals surface area contributed by atoms with Crippen molar-refractivity contribution in [1.82, 2.24) is 0 Å². The number of benzene rings is 3. The van der Waals surface area contributed by atoms with Crippen LogP contribution in [0.4, 0.5) is 0 Å². The van der Waals surface area contributed by atoms with Crippen molar-refractivity contribution in [3.05, 3.63) is 109 Å². The van der Waals surface area contributed by atoms with Crippen LogP contribution in [0.25, 0.3) is 16.7 Å². The van der Waals surface area contributed by atoms with Crippen molar-refractivity contribution in [1.29, 1.82) is 0 Å². The van der Waals surface area contributed by atoms with E-state index in [0.717, 1.165) is 280 Å². The van der Waals surface area contributed by atoms with Gasteiger partial charge in [-0.1, -0.05) is 289 Å². The number of esters is 6. The molecule has 0 radical (unpaired) electrons. The molecule has 0 spiro atoms. The molecular formula is C111H170O15. The van der Waals surface area contributed by atoms with E-state index in [1.807, 2.05) is 72.8 Å². The van der Waals surface area contributed by atoms with Crippen molar-refractivity contribution in [2.24, 2.45) is 53.3 Å². The molecule has 3 aromatic carbocycles. The van der Waals surface area contributed by atoms with Crippen molar-refractivity contribution in [2.45, 2.75) is 437 Å². The van der Waals surface area contributed by atoms with E-state index in [-0.39, 0.29) is 74.5 Å². The van der Waals surface area contributed by atoms with Gasteiger partial charge in [-0.25, -0.2) is 14.4 Å². The summed E-state index contributed by atoms with van der Waals surface area (Å²) in [6, 6.07) is 22.8. The molecule has 0 N–H and O–H groups in total. The highest BCUT2D eigenvalue weighted by Gasteiger charge is 2.37. The minimum absolute atomic E-state index is 0.0239. The molecule has 0 heterocycles. The van der Waals surface area contributed by atoms with Crippen LogP contribution in [-0.2, 0) is 57.2 Å². The zero-order valence-electron chi connectivity index (χ0n) is 79.1. The molecule has 0 unspecified atom stereocenters. The van der Waals surface area contributed by atoms with Crippen molar-refractivity contribution < 1.29 is 71.4 Å². The van der Waals surface area contributed by atoms with Crippen LogP contribution in [0.3, 0.4) is 0 Å². The minimum atomic E-state index is -1.14. The fourth-order valence-corrected chi connectivity index (χ4v) is 21.4. The maximum absolute atomic E-state index is 13.3. The first-order valence-electron chi connectivity index (χ1n) is 52.0. The highest BCUT2D eigenvalue weighted by atomic mass is 16.7. The molecule has 0 aliphatic heterocycles. The molecule has 6 fully saturated rings. The smallest absolute Gasteiger partial charge is 0.338 e. The Morgan fingerprint density at radius 3 is 0.778 bits per heavy atom. The maximum Gasteiger partial charge on any atom is 0.338 e. The third-order valence-electron chi connectivity index (χ3n) is 29.7. The van der Waals surface area contributed by atoms with Crippen molar-refractivity contribution in [2.75, 3.05) is 26.4 Å². The Labute approximate surface area is 762 Å². The van der Waals surface area contributed by atoms with Gasteiger partial charge < -0.3 is 42.6 Å². The zero-order chi connectivity index (χ0) is 89.0. The Balaban J connectivity index is 0.591. The molecule has 6 saturated carbocycles. The number of unbranched alkanes of at least 4 members (excludes halogenated alkanes) is 24. The lowest BCUT2D eigenvalue weighted by atomic mass is 9.70. The number of hydrogen-bond donors (Lipinski definition) is 0. The summed E-state index contributed by atoms with van der Waals surface area (Å²) in [5.74, 6) is 7.78. The highest BCUT2D eigenvalue weighted by Crippen LogP contribution is 2.46. The minimum Gasteiger partial charge on any atom is -0.494 e. The molecular weight excluding hydrogens is 1570 g/mol. The van der Waals surface area contributed by atoms with Crippen molar-refractivity contribution in [3.63, 3.8) is 0 Å². The quantitative estimate of drug-likeness (QED) is 0.0171. The molecule has 126 heavy (non-hydrogen) atoms. The Kier molecular flexibility index (Phi) is 49.7. The third-order valence-corrected chi connectivity index (χ3v) is 29.7. The fourth-order valence-electron chi connectivity index (χ4n) is 21.4. The van der Waals surface area contributed by atoms with Gasteiger partial charge in [-0.05, 0) is 260 Å². The molecule has 15 nitrogen and oxygen atoms in total. The summed E-state index contributed by atoms with van der Waals surface area (Å²) in [6.45, 7) is 21.0. The molecule has 704 valence electrons. The van der Waals surface area contributed by atoms with Crippen molar-refractivity contribution in [3.8, 4) is 17.2 Å². The lowest BCUT2D eigenvalue weighted by Crippen LogP contribution is -2.30. The summed E-state index contributed by atoms with van der Waals surface area (Å²) in [4.78, 5) is 79.1. The molecule has 6 aliphatic carbocycles. The largest absolute Gasteiger partial charge is 0.494 e. The molecule has 0 saturated heterocycles. The van der Waals surface area contributed by atoms with Gasteiger partial charge in [0.05, 0.1) is 49.6 Å². The highest BCUT2D eigenvalue weighted by molar-refractivity contribution is 6.16. The molecule has 3 aromatic rings. The van der Waals surface area contributed by atoms with Crippen LogP contribution in [0, 0.1) is 53.3 Å². The molecule has 0 amide bonds. The Bertz CT molecular complexity index is 3380. The Morgan fingerprint density at radius 2 is 0.516 bits per heavy atom. The summed E-state index contributed by atoms with van der Waals surface area (Å²) in [6.07, 6.45) is 65.0. The average Bonchev–Trinajstić information content (AvgIpc) is 0.846. The predicted molar refractivity (Wildman–Crippen MR) is 510 cm³/mol. The zero-order valence-corrected chi connectivity index (χ0v) is 79.1.